The van der Waals surface area contributed by atoms with Gasteiger partial charge in [-0.05, 0) is 67.3 Å². The van der Waals surface area contributed by atoms with Crippen molar-refractivity contribution >= 4 is 29.1 Å². The Balaban J connectivity index is 1.48. The van der Waals surface area contributed by atoms with Gasteiger partial charge in [-0.3, -0.25) is 14.4 Å². The van der Waals surface area contributed by atoms with Crippen molar-refractivity contribution in [2.45, 2.75) is 26.2 Å². The molecule has 1 fully saturated rings. The van der Waals surface area contributed by atoms with E-state index in [1.165, 1.54) is 4.68 Å². The van der Waals surface area contributed by atoms with Crippen molar-refractivity contribution in [1.29, 1.82) is 0 Å². The zero-order valence-electron chi connectivity index (χ0n) is 19.7. The molecular weight excluding hydrogens is 446 g/mol. The molecule has 0 bridgehead atoms. The monoisotopic (exact) mass is 473 g/mol. The average Bonchev–Trinajstić information content (AvgIpc) is 3.27. The van der Waals surface area contributed by atoms with Gasteiger partial charge in [-0.2, -0.15) is 5.10 Å². The SMILES string of the molecule is COc1ccc(-n2nc(C(N)=O)c3c2C(=O)N(c2ccc(N4CC(C)CCC4=O)cc2)CC3)cc1. The fourth-order valence-electron chi connectivity index (χ4n) is 4.79. The third-order valence-corrected chi connectivity index (χ3v) is 6.69. The minimum Gasteiger partial charge on any atom is -0.497 e. The Morgan fingerprint density at radius 2 is 1.60 bits per heavy atom. The van der Waals surface area contributed by atoms with Crippen molar-refractivity contribution < 1.29 is 19.1 Å². The minimum atomic E-state index is -0.667. The highest BCUT2D eigenvalue weighted by Gasteiger charge is 2.34. The smallest absolute Gasteiger partial charge is 0.277 e. The van der Waals surface area contributed by atoms with Gasteiger partial charge in [-0.15, -0.1) is 0 Å². The van der Waals surface area contributed by atoms with E-state index >= 15 is 0 Å². The minimum absolute atomic E-state index is 0.108. The van der Waals surface area contributed by atoms with Gasteiger partial charge < -0.3 is 20.3 Å². The standard InChI is InChI=1S/C26H27N5O4/c1-16-3-12-22(32)30(15-16)18-6-4-17(5-7-18)29-14-13-21-23(25(27)33)28-31(24(21)26(29)34)19-8-10-20(35-2)11-9-19/h4-11,16H,3,12-15H2,1-2H3,(H2,27,33). The number of benzene rings is 2. The number of aromatic nitrogens is 2. The highest BCUT2D eigenvalue weighted by atomic mass is 16.5. The maximum Gasteiger partial charge on any atom is 0.277 e. The molecule has 3 aromatic rings. The molecule has 0 spiro atoms. The number of fused-ring (bicyclic) bond motifs is 1. The van der Waals surface area contributed by atoms with Crippen LogP contribution in [0.1, 0.15) is 46.3 Å². The summed E-state index contributed by atoms with van der Waals surface area (Å²) >= 11 is 0. The van der Waals surface area contributed by atoms with Crippen LogP contribution in [0.5, 0.6) is 5.75 Å². The number of carbonyl (C=O) groups excluding carboxylic acids is 3. The summed E-state index contributed by atoms with van der Waals surface area (Å²) in [5.74, 6) is 0.306. The van der Waals surface area contributed by atoms with Gasteiger partial charge in [0.25, 0.3) is 11.8 Å². The Labute approximate surface area is 203 Å². The predicted octanol–water partition coefficient (Wildman–Crippen LogP) is 2.95. The van der Waals surface area contributed by atoms with Crippen molar-refractivity contribution in [2.24, 2.45) is 11.7 Å². The summed E-state index contributed by atoms with van der Waals surface area (Å²) in [7, 11) is 1.57. The number of hydrogen-bond donors (Lipinski definition) is 1. The Morgan fingerprint density at radius 3 is 2.23 bits per heavy atom. The van der Waals surface area contributed by atoms with Crippen LogP contribution in [0.4, 0.5) is 11.4 Å². The maximum atomic E-state index is 13.7. The first-order valence-corrected chi connectivity index (χ1v) is 11.7. The van der Waals surface area contributed by atoms with E-state index in [2.05, 4.69) is 12.0 Å². The van der Waals surface area contributed by atoms with Crippen LogP contribution in [0, 0.1) is 5.92 Å². The number of rotatable bonds is 5. The summed E-state index contributed by atoms with van der Waals surface area (Å²) in [6.45, 7) is 3.23. The number of piperidine rings is 1. The van der Waals surface area contributed by atoms with E-state index in [1.54, 1.807) is 36.3 Å². The number of ether oxygens (including phenoxy) is 1. The van der Waals surface area contributed by atoms with Crippen LogP contribution >= 0.6 is 0 Å². The molecule has 9 heteroatoms. The van der Waals surface area contributed by atoms with Crippen LogP contribution in [0.3, 0.4) is 0 Å². The third kappa shape index (κ3) is 4.03. The van der Waals surface area contributed by atoms with Crippen LogP contribution < -0.4 is 20.3 Å². The lowest BCUT2D eigenvalue weighted by Crippen LogP contribution is -2.40. The molecule has 1 unspecified atom stereocenters. The molecule has 1 atom stereocenters. The van der Waals surface area contributed by atoms with E-state index in [1.807, 2.05) is 29.2 Å². The molecule has 180 valence electrons. The summed E-state index contributed by atoms with van der Waals surface area (Å²) in [6.07, 6.45) is 1.90. The fourth-order valence-corrected chi connectivity index (χ4v) is 4.79. The van der Waals surface area contributed by atoms with E-state index in [0.717, 1.165) is 12.1 Å². The fraction of sp³-hybridized carbons (Fsp3) is 0.308. The number of carbonyl (C=O) groups is 3. The number of hydrogen-bond acceptors (Lipinski definition) is 5. The molecule has 2 aromatic carbocycles. The van der Waals surface area contributed by atoms with E-state index in [0.29, 0.717) is 60.2 Å². The highest BCUT2D eigenvalue weighted by Crippen LogP contribution is 2.31. The second-order valence-corrected chi connectivity index (χ2v) is 9.02. The molecule has 2 aliphatic rings. The van der Waals surface area contributed by atoms with E-state index in [-0.39, 0.29) is 17.5 Å². The predicted molar refractivity (Wildman–Crippen MR) is 131 cm³/mol. The maximum absolute atomic E-state index is 13.7. The number of methoxy groups -OCH3 is 1. The van der Waals surface area contributed by atoms with Gasteiger partial charge in [0.05, 0.1) is 12.8 Å². The molecule has 0 saturated carbocycles. The Bertz CT molecular complexity index is 1300. The van der Waals surface area contributed by atoms with Crippen molar-refractivity contribution in [3.05, 3.63) is 65.5 Å². The number of primary amides is 1. The van der Waals surface area contributed by atoms with Gasteiger partial charge in [0.1, 0.15) is 11.4 Å². The van der Waals surface area contributed by atoms with Gasteiger partial charge in [0, 0.05) is 36.4 Å². The number of anilines is 2. The van der Waals surface area contributed by atoms with Crippen LogP contribution in [0.2, 0.25) is 0 Å². The van der Waals surface area contributed by atoms with Crippen LogP contribution in [0.25, 0.3) is 5.69 Å². The molecule has 3 amide bonds. The average molecular weight is 474 g/mol. The molecule has 2 aliphatic heterocycles. The first-order valence-electron chi connectivity index (χ1n) is 11.7. The quantitative estimate of drug-likeness (QED) is 0.613. The zero-order chi connectivity index (χ0) is 24.7. The molecule has 9 nitrogen and oxygen atoms in total. The molecular formula is C26H27N5O4. The summed E-state index contributed by atoms with van der Waals surface area (Å²) in [6, 6.07) is 14.5. The summed E-state index contributed by atoms with van der Waals surface area (Å²) in [5.41, 5.74) is 8.73. The Hall–Kier alpha value is -4.14. The van der Waals surface area contributed by atoms with Gasteiger partial charge >= 0.3 is 0 Å². The van der Waals surface area contributed by atoms with Crippen molar-refractivity contribution in [2.75, 3.05) is 30.0 Å². The van der Waals surface area contributed by atoms with Crippen molar-refractivity contribution in [1.82, 2.24) is 9.78 Å². The van der Waals surface area contributed by atoms with E-state index in [9.17, 15) is 14.4 Å². The summed E-state index contributed by atoms with van der Waals surface area (Å²) < 4.78 is 6.70. The molecule has 0 radical (unpaired) electrons. The van der Waals surface area contributed by atoms with E-state index < -0.39 is 5.91 Å². The lowest BCUT2D eigenvalue weighted by molar-refractivity contribution is -0.120. The van der Waals surface area contributed by atoms with Crippen LogP contribution in [-0.2, 0) is 11.2 Å². The summed E-state index contributed by atoms with van der Waals surface area (Å²) in [4.78, 5) is 41.6. The van der Waals surface area contributed by atoms with Crippen LogP contribution in [-0.4, -0.2) is 47.7 Å². The lowest BCUT2D eigenvalue weighted by atomic mass is 9.99. The summed E-state index contributed by atoms with van der Waals surface area (Å²) in [5, 5.41) is 4.40. The first-order chi connectivity index (χ1) is 16.9. The number of nitrogens with two attached hydrogens (primary N) is 1. The normalized spacial score (nSPS) is 17.9. The van der Waals surface area contributed by atoms with Gasteiger partial charge in [-0.1, -0.05) is 6.92 Å². The number of nitrogens with zero attached hydrogens (tertiary/aromatic N) is 4. The Morgan fingerprint density at radius 1 is 0.971 bits per heavy atom. The number of amides is 3. The first kappa shape index (κ1) is 22.6. The molecule has 3 heterocycles. The lowest BCUT2D eigenvalue weighted by Gasteiger charge is -2.32. The molecule has 1 aromatic heterocycles. The highest BCUT2D eigenvalue weighted by molar-refractivity contribution is 6.09. The van der Waals surface area contributed by atoms with Gasteiger partial charge in [0.15, 0.2) is 5.69 Å². The molecule has 1 saturated heterocycles. The molecule has 5 rings (SSSR count). The topological polar surface area (TPSA) is 111 Å². The third-order valence-electron chi connectivity index (χ3n) is 6.69. The van der Waals surface area contributed by atoms with Crippen LogP contribution in [0.15, 0.2) is 48.5 Å². The second-order valence-electron chi connectivity index (χ2n) is 9.02. The molecule has 0 aliphatic carbocycles. The van der Waals surface area contributed by atoms with Crippen molar-refractivity contribution in [3.63, 3.8) is 0 Å². The second kappa shape index (κ2) is 8.90. The van der Waals surface area contributed by atoms with Gasteiger partial charge in [0.2, 0.25) is 5.91 Å². The zero-order valence-corrected chi connectivity index (χ0v) is 19.7. The van der Waals surface area contributed by atoms with Crippen molar-refractivity contribution in [3.8, 4) is 11.4 Å². The van der Waals surface area contributed by atoms with Gasteiger partial charge in [-0.25, -0.2) is 4.68 Å². The largest absolute Gasteiger partial charge is 0.497 e. The molecule has 35 heavy (non-hydrogen) atoms. The molecule has 2 N–H and O–H groups in total. The Kier molecular flexibility index (Phi) is 5.76. The van der Waals surface area contributed by atoms with E-state index in [4.69, 9.17) is 10.5 Å².